The average molecular weight is 250 g/mol. The van der Waals surface area contributed by atoms with E-state index in [9.17, 15) is 0 Å². The predicted molar refractivity (Wildman–Crippen MR) is 71.7 cm³/mol. The van der Waals surface area contributed by atoms with Crippen molar-refractivity contribution in [3.05, 3.63) is 48.0 Å². The topological polar surface area (TPSA) is 87.7 Å². The van der Waals surface area contributed by atoms with Crippen LogP contribution >= 0.6 is 0 Å². The minimum atomic E-state index is 0.336. The molecular formula is C14H10N4O. The van der Waals surface area contributed by atoms with E-state index in [0.717, 1.165) is 11.0 Å². The number of aromatic nitrogens is 2. The van der Waals surface area contributed by atoms with Crippen molar-refractivity contribution < 1.29 is 4.74 Å². The molecule has 0 fully saturated rings. The molecule has 0 radical (unpaired) electrons. The summed E-state index contributed by atoms with van der Waals surface area (Å²) in [7, 11) is 0. The van der Waals surface area contributed by atoms with Gasteiger partial charge in [0.2, 0.25) is 0 Å². The van der Waals surface area contributed by atoms with E-state index in [1.807, 2.05) is 6.07 Å². The minimum absolute atomic E-state index is 0.336. The summed E-state index contributed by atoms with van der Waals surface area (Å²) in [5, 5.41) is 9.00. The fourth-order valence-corrected chi connectivity index (χ4v) is 1.80. The molecule has 0 aliphatic carbocycles. The quantitative estimate of drug-likeness (QED) is 0.684. The molecular weight excluding hydrogens is 240 g/mol. The summed E-state index contributed by atoms with van der Waals surface area (Å²) in [5.74, 6) is 0.469. The lowest BCUT2D eigenvalue weighted by Gasteiger charge is -2.02. The fourth-order valence-electron chi connectivity index (χ4n) is 1.80. The van der Waals surface area contributed by atoms with Crippen molar-refractivity contribution in [2.24, 2.45) is 0 Å². The minimum Gasteiger partial charge on any atom is -0.424 e. The SMILES string of the molecule is N#Cc1ccccc1Oc1nc2ccc(N)cc2[nH]1. The maximum absolute atomic E-state index is 9.00. The third kappa shape index (κ3) is 2.07. The zero-order valence-electron chi connectivity index (χ0n) is 9.92. The van der Waals surface area contributed by atoms with Gasteiger partial charge in [0.15, 0.2) is 0 Å². The number of nitrogens with zero attached hydrogens (tertiary/aromatic N) is 2. The van der Waals surface area contributed by atoms with Crippen molar-refractivity contribution in [1.29, 1.82) is 5.26 Å². The number of fused-ring (bicyclic) bond motifs is 1. The van der Waals surface area contributed by atoms with Crippen LogP contribution in [0.25, 0.3) is 11.0 Å². The van der Waals surface area contributed by atoms with Gasteiger partial charge in [0.1, 0.15) is 11.8 Å². The van der Waals surface area contributed by atoms with Crippen LogP contribution in [0.5, 0.6) is 11.8 Å². The highest BCUT2D eigenvalue weighted by molar-refractivity contribution is 5.79. The highest BCUT2D eigenvalue weighted by atomic mass is 16.5. The lowest BCUT2D eigenvalue weighted by atomic mass is 10.2. The van der Waals surface area contributed by atoms with Crippen molar-refractivity contribution >= 4 is 16.7 Å². The number of nitriles is 1. The molecule has 3 aromatic rings. The second-order valence-corrected chi connectivity index (χ2v) is 4.03. The summed E-state index contributed by atoms with van der Waals surface area (Å²) >= 11 is 0. The van der Waals surface area contributed by atoms with Crippen molar-refractivity contribution in [2.45, 2.75) is 0 Å². The van der Waals surface area contributed by atoms with Crippen molar-refractivity contribution in [2.75, 3.05) is 5.73 Å². The molecule has 0 saturated heterocycles. The van der Waals surface area contributed by atoms with Gasteiger partial charge in [-0.15, -0.1) is 0 Å². The largest absolute Gasteiger partial charge is 0.424 e. The molecule has 3 N–H and O–H groups in total. The van der Waals surface area contributed by atoms with Crippen molar-refractivity contribution in [3.8, 4) is 17.8 Å². The Morgan fingerprint density at radius 3 is 2.89 bits per heavy atom. The molecule has 0 aliphatic heterocycles. The zero-order valence-corrected chi connectivity index (χ0v) is 9.92. The van der Waals surface area contributed by atoms with E-state index >= 15 is 0 Å². The van der Waals surface area contributed by atoms with Crippen LogP contribution in [0, 0.1) is 11.3 Å². The summed E-state index contributed by atoms with van der Waals surface area (Å²) in [5.41, 5.74) is 8.37. The van der Waals surface area contributed by atoms with Gasteiger partial charge in [-0.2, -0.15) is 10.2 Å². The Bertz CT molecular complexity index is 785. The standard InChI is InChI=1S/C14H10N4O/c15-8-9-3-1-2-4-13(9)19-14-17-11-6-5-10(16)7-12(11)18-14/h1-7H,16H2,(H,17,18). The molecule has 0 atom stereocenters. The van der Waals surface area contributed by atoms with E-state index in [-0.39, 0.29) is 0 Å². The lowest BCUT2D eigenvalue weighted by molar-refractivity contribution is 0.448. The lowest BCUT2D eigenvalue weighted by Crippen LogP contribution is -1.89. The molecule has 0 unspecified atom stereocenters. The van der Waals surface area contributed by atoms with Crippen LogP contribution < -0.4 is 10.5 Å². The van der Waals surface area contributed by atoms with Crippen LogP contribution in [-0.4, -0.2) is 9.97 Å². The van der Waals surface area contributed by atoms with Crippen LogP contribution in [-0.2, 0) is 0 Å². The summed E-state index contributed by atoms with van der Waals surface area (Å²) in [6.07, 6.45) is 0. The first kappa shape index (κ1) is 11.1. The number of hydrogen-bond donors (Lipinski definition) is 2. The molecule has 5 heteroatoms. The number of H-pyrrole nitrogens is 1. The number of anilines is 1. The molecule has 0 aliphatic rings. The van der Waals surface area contributed by atoms with Gasteiger partial charge in [-0.05, 0) is 30.3 Å². The molecule has 0 saturated carbocycles. The number of para-hydroxylation sites is 1. The van der Waals surface area contributed by atoms with Gasteiger partial charge in [-0.25, -0.2) is 0 Å². The summed E-state index contributed by atoms with van der Waals surface area (Å²) in [6.45, 7) is 0. The van der Waals surface area contributed by atoms with Gasteiger partial charge in [-0.1, -0.05) is 12.1 Å². The van der Waals surface area contributed by atoms with E-state index in [0.29, 0.717) is 23.0 Å². The second kappa shape index (κ2) is 4.35. The monoisotopic (exact) mass is 250 g/mol. The molecule has 0 bridgehead atoms. The van der Waals surface area contributed by atoms with Crippen LogP contribution in [0.4, 0.5) is 5.69 Å². The van der Waals surface area contributed by atoms with Gasteiger partial charge in [0.25, 0.3) is 6.01 Å². The molecule has 2 aromatic carbocycles. The van der Waals surface area contributed by atoms with E-state index in [2.05, 4.69) is 16.0 Å². The van der Waals surface area contributed by atoms with Gasteiger partial charge in [0, 0.05) is 5.69 Å². The number of benzene rings is 2. The fraction of sp³-hybridized carbons (Fsp3) is 0. The molecule has 1 aromatic heterocycles. The molecule has 19 heavy (non-hydrogen) atoms. The van der Waals surface area contributed by atoms with Crippen LogP contribution in [0.3, 0.4) is 0 Å². The molecule has 0 spiro atoms. The van der Waals surface area contributed by atoms with E-state index < -0.39 is 0 Å². The maximum Gasteiger partial charge on any atom is 0.300 e. The molecule has 5 nitrogen and oxygen atoms in total. The van der Waals surface area contributed by atoms with Crippen molar-refractivity contribution in [1.82, 2.24) is 9.97 Å². The number of imidazole rings is 1. The molecule has 3 rings (SSSR count). The Labute approximate surface area is 109 Å². The predicted octanol–water partition coefficient (Wildman–Crippen LogP) is 2.81. The summed E-state index contributed by atoms with van der Waals surface area (Å²) < 4.78 is 5.60. The number of nitrogens with two attached hydrogens (primary N) is 1. The number of ether oxygens (including phenoxy) is 1. The highest BCUT2D eigenvalue weighted by Gasteiger charge is 2.08. The Hall–Kier alpha value is -3.00. The number of rotatable bonds is 2. The normalized spacial score (nSPS) is 10.3. The number of hydrogen-bond acceptors (Lipinski definition) is 4. The third-order valence-corrected chi connectivity index (χ3v) is 2.70. The third-order valence-electron chi connectivity index (χ3n) is 2.70. The Kier molecular flexibility index (Phi) is 2.54. The van der Waals surface area contributed by atoms with E-state index in [1.54, 1.807) is 36.4 Å². The molecule has 0 amide bonds. The average Bonchev–Trinajstić information content (AvgIpc) is 2.80. The number of nitrogens with one attached hydrogen (secondary N) is 1. The first-order valence-corrected chi connectivity index (χ1v) is 5.68. The van der Waals surface area contributed by atoms with Crippen molar-refractivity contribution in [3.63, 3.8) is 0 Å². The van der Waals surface area contributed by atoms with Gasteiger partial charge >= 0.3 is 0 Å². The number of nitrogen functional groups attached to an aromatic ring is 1. The Morgan fingerprint density at radius 1 is 1.21 bits per heavy atom. The maximum atomic E-state index is 9.00. The van der Waals surface area contributed by atoms with E-state index in [1.165, 1.54) is 0 Å². The van der Waals surface area contributed by atoms with Gasteiger partial charge in [-0.3, -0.25) is 0 Å². The molecule has 92 valence electrons. The summed E-state index contributed by atoms with van der Waals surface area (Å²) in [6, 6.07) is 14.8. The van der Waals surface area contributed by atoms with Gasteiger partial charge in [0.05, 0.1) is 16.6 Å². The summed E-state index contributed by atoms with van der Waals surface area (Å²) in [4.78, 5) is 7.30. The van der Waals surface area contributed by atoms with Crippen LogP contribution in [0.2, 0.25) is 0 Å². The van der Waals surface area contributed by atoms with Crippen LogP contribution in [0.15, 0.2) is 42.5 Å². The molecule has 1 heterocycles. The highest BCUT2D eigenvalue weighted by Crippen LogP contribution is 2.25. The smallest absolute Gasteiger partial charge is 0.300 e. The van der Waals surface area contributed by atoms with Gasteiger partial charge < -0.3 is 15.5 Å². The second-order valence-electron chi connectivity index (χ2n) is 4.03. The Morgan fingerprint density at radius 2 is 2.05 bits per heavy atom. The first-order chi connectivity index (χ1) is 9.26. The van der Waals surface area contributed by atoms with E-state index in [4.69, 9.17) is 15.7 Å². The zero-order chi connectivity index (χ0) is 13.2. The van der Waals surface area contributed by atoms with Crippen LogP contribution in [0.1, 0.15) is 5.56 Å². The first-order valence-electron chi connectivity index (χ1n) is 5.68. The Balaban J connectivity index is 1.99. The number of aromatic amines is 1.